The number of carbonyl (C=O) groups is 2. The summed E-state index contributed by atoms with van der Waals surface area (Å²) in [6.45, 7) is 0. The predicted molar refractivity (Wildman–Crippen MR) is 72.8 cm³/mol. The minimum Gasteiger partial charge on any atom is -0.396 e. The maximum atomic E-state index is 13.2. The van der Waals surface area contributed by atoms with E-state index in [1.807, 2.05) is 0 Å². The number of rotatable bonds is 1. The molecule has 4 nitrogen and oxygen atoms in total. The van der Waals surface area contributed by atoms with Gasteiger partial charge in [-0.1, -0.05) is 18.2 Å². The Balaban J connectivity index is 2.08. The van der Waals surface area contributed by atoms with Gasteiger partial charge in [0.15, 0.2) is 0 Å². The fourth-order valence-corrected chi connectivity index (χ4v) is 2.29. The summed E-state index contributed by atoms with van der Waals surface area (Å²) in [7, 11) is 0. The second-order valence-corrected chi connectivity index (χ2v) is 4.57. The lowest BCUT2D eigenvalue weighted by atomic mass is 9.98. The largest absolute Gasteiger partial charge is 0.396 e. The predicted octanol–water partition coefficient (Wildman–Crippen LogP) is 2.14. The Kier molecular flexibility index (Phi) is 2.75. The summed E-state index contributed by atoms with van der Waals surface area (Å²) in [5, 5.41) is 0. The van der Waals surface area contributed by atoms with Crippen molar-refractivity contribution >= 4 is 23.2 Å². The third-order valence-electron chi connectivity index (χ3n) is 3.28. The van der Waals surface area contributed by atoms with E-state index in [1.165, 1.54) is 12.1 Å². The Labute approximate surface area is 114 Å². The molecule has 0 radical (unpaired) electrons. The third kappa shape index (κ3) is 1.84. The zero-order chi connectivity index (χ0) is 14.3. The minimum absolute atomic E-state index is 0.0954. The number of imide groups is 1. The molecule has 0 fully saturated rings. The monoisotopic (exact) mass is 270 g/mol. The highest BCUT2D eigenvalue weighted by Gasteiger charge is 2.31. The maximum Gasteiger partial charge on any atom is 0.265 e. The smallest absolute Gasteiger partial charge is 0.265 e. The summed E-state index contributed by atoms with van der Waals surface area (Å²) < 4.78 is 13.2. The lowest BCUT2D eigenvalue weighted by Crippen LogP contribution is -2.42. The Morgan fingerprint density at radius 1 is 1.10 bits per heavy atom. The number of hydrogen-bond donors (Lipinski definition) is 1. The van der Waals surface area contributed by atoms with E-state index >= 15 is 0 Å². The van der Waals surface area contributed by atoms with Gasteiger partial charge in [0.25, 0.3) is 5.91 Å². The zero-order valence-electron chi connectivity index (χ0n) is 10.5. The van der Waals surface area contributed by atoms with Gasteiger partial charge >= 0.3 is 0 Å². The van der Waals surface area contributed by atoms with Crippen LogP contribution in [0.2, 0.25) is 0 Å². The van der Waals surface area contributed by atoms with Gasteiger partial charge in [-0.15, -0.1) is 0 Å². The fourth-order valence-electron chi connectivity index (χ4n) is 2.29. The second kappa shape index (κ2) is 4.45. The number of carbonyl (C=O) groups excluding carboxylic acids is 2. The van der Waals surface area contributed by atoms with Crippen molar-refractivity contribution in [3.63, 3.8) is 0 Å². The zero-order valence-corrected chi connectivity index (χ0v) is 10.5. The van der Waals surface area contributed by atoms with Gasteiger partial charge < -0.3 is 5.73 Å². The van der Waals surface area contributed by atoms with Gasteiger partial charge in [-0.2, -0.15) is 0 Å². The number of nitrogen functional groups attached to an aromatic ring is 1. The van der Waals surface area contributed by atoms with E-state index in [-0.39, 0.29) is 23.7 Å². The van der Waals surface area contributed by atoms with Crippen LogP contribution in [0.15, 0.2) is 42.5 Å². The van der Waals surface area contributed by atoms with Crippen LogP contribution >= 0.6 is 0 Å². The highest BCUT2D eigenvalue weighted by molar-refractivity contribution is 6.24. The summed E-state index contributed by atoms with van der Waals surface area (Å²) >= 11 is 0. The van der Waals surface area contributed by atoms with Gasteiger partial charge in [0.05, 0.1) is 17.8 Å². The normalized spacial score (nSPS) is 14.3. The highest BCUT2D eigenvalue weighted by atomic mass is 19.1. The van der Waals surface area contributed by atoms with Crippen LogP contribution in [0.1, 0.15) is 15.9 Å². The fraction of sp³-hybridized carbons (Fsp3) is 0.0667. The van der Waals surface area contributed by atoms with Crippen LogP contribution < -0.4 is 10.6 Å². The van der Waals surface area contributed by atoms with Crippen molar-refractivity contribution in [2.45, 2.75) is 6.42 Å². The Morgan fingerprint density at radius 2 is 1.85 bits per heavy atom. The summed E-state index contributed by atoms with van der Waals surface area (Å²) in [6.07, 6.45) is 0.138. The van der Waals surface area contributed by atoms with Crippen molar-refractivity contribution in [2.75, 3.05) is 10.6 Å². The van der Waals surface area contributed by atoms with Crippen LogP contribution in [0.3, 0.4) is 0 Å². The number of nitrogens with zero attached hydrogens (tertiary/aromatic N) is 1. The molecular weight excluding hydrogens is 259 g/mol. The van der Waals surface area contributed by atoms with E-state index in [9.17, 15) is 14.0 Å². The highest BCUT2D eigenvalue weighted by Crippen LogP contribution is 2.27. The van der Waals surface area contributed by atoms with Crippen molar-refractivity contribution < 1.29 is 14.0 Å². The van der Waals surface area contributed by atoms with E-state index in [0.29, 0.717) is 11.1 Å². The summed E-state index contributed by atoms with van der Waals surface area (Å²) in [6, 6.07) is 10.8. The molecule has 2 amide bonds. The molecule has 2 aromatic carbocycles. The molecule has 0 aromatic heterocycles. The molecule has 1 heterocycles. The number of nitrogens with two attached hydrogens (primary N) is 1. The number of fused-ring (bicyclic) bond motifs is 1. The van der Waals surface area contributed by atoms with E-state index in [1.54, 1.807) is 24.3 Å². The average molecular weight is 270 g/mol. The van der Waals surface area contributed by atoms with Gasteiger partial charge in [-0.05, 0) is 29.8 Å². The molecule has 0 spiro atoms. The minimum atomic E-state index is -0.578. The quantitative estimate of drug-likeness (QED) is 0.638. The number of amides is 2. The van der Waals surface area contributed by atoms with Crippen molar-refractivity contribution in [2.24, 2.45) is 0 Å². The first-order valence-corrected chi connectivity index (χ1v) is 6.08. The number of halogens is 1. The van der Waals surface area contributed by atoms with Crippen LogP contribution in [0.5, 0.6) is 0 Å². The van der Waals surface area contributed by atoms with Gasteiger partial charge in [0.2, 0.25) is 5.91 Å². The number of hydrogen-bond acceptors (Lipinski definition) is 3. The molecule has 100 valence electrons. The lowest BCUT2D eigenvalue weighted by molar-refractivity contribution is -0.117. The first kappa shape index (κ1) is 12.3. The van der Waals surface area contributed by atoms with Crippen molar-refractivity contribution in [1.82, 2.24) is 0 Å². The van der Waals surface area contributed by atoms with Crippen molar-refractivity contribution in [1.29, 1.82) is 0 Å². The molecule has 0 saturated heterocycles. The molecule has 1 aliphatic rings. The van der Waals surface area contributed by atoms with Crippen LogP contribution in [-0.2, 0) is 11.2 Å². The van der Waals surface area contributed by atoms with E-state index in [4.69, 9.17) is 5.73 Å². The molecule has 2 N–H and O–H groups in total. The molecule has 1 aliphatic heterocycles. The lowest BCUT2D eigenvalue weighted by Gasteiger charge is -2.27. The van der Waals surface area contributed by atoms with Crippen molar-refractivity contribution in [3.8, 4) is 0 Å². The molecule has 0 unspecified atom stereocenters. The molecule has 5 heteroatoms. The van der Waals surface area contributed by atoms with Crippen LogP contribution in [0.4, 0.5) is 15.8 Å². The molecule has 0 aliphatic carbocycles. The third-order valence-corrected chi connectivity index (χ3v) is 3.28. The van der Waals surface area contributed by atoms with E-state index < -0.39 is 11.7 Å². The van der Waals surface area contributed by atoms with Crippen LogP contribution in [0.25, 0.3) is 0 Å². The van der Waals surface area contributed by atoms with Gasteiger partial charge in [0, 0.05) is 5.56 Å². The average Bonchev–Trinajstić information content (AvgIpc) is 2.43. The summed E-state index contributed by atoms with van der Waals surface area (Å²) in [5.74, 6) is -1.34. The molecule has 0 atom stereocenters. The molecule has 3 rings (SSSR count). The SMILES string of the molecule is Nc1cc(N2C(=O)Cc3ccccc3C2=O)ccc1F. The Morgan fingerprint density at radius 3 is 2.60 bits per heavy atom. The van der Waals surface area contributed by atoms with Gasteiger partial charge in [-0.25, -0.2) is 9.29 Å². The molecule has 20 heavy (non-hydrogen) atoms. The first-order valence-electron chi connectivity index (χ1n) is 6.08. The summed E-state index contributed by atoms with van der Waals surface area (Å²) in [4.78, 5) is 25.6. The standard InChI is InChI=1S/C15H11FN2O2/c16-12-6-5-10(8-13(12)17)18-14(19)7-9-3-1-2-4-11(9)15(18)20/h1-6,8H,7,17H2. The number of anilines is 2. The van der Waals surface area contributed by atoms with Crippen LogP contribution in [-0.4, -0.2) is 11.8 Å². The first-order chi connectivity index (χ1) is 9.58. The van der Waals surface area contributed by atoms with Gasteiger partial charge in [-0.3, -0.25) is 9.59 Å². The Bertz CT molecular complexity index is 728. The van der Waals surface area contributed by atoms with E-state index in [0.717, 1.165) is 11.0 Å². The Hall–Kier alpha value is -2.69. The molecular formula is C15H11FN2O2. The molecule has 2 aromatic rings. The van der Waals surface area contributed by atoms with Gasteiger partial charge in [0.1, 0.15) is 5.82 Å². The van der Waals surface area contributed by atoms with Crippen molar-refractivity contribution in [3.05, 3.63) is 59.4 Å². The van der Waals surface area contributed by atoms with Crippen LogP contribution in [0, 0.1) is 5.82 Å². The topological polar surface area (TPSA) is 63.4 Å². The second-order valence-electron chi connectivity index (χ2n) is 4.57. The maximum absolute atomic E-state index is 13.2. The molecule has 0 bridgehead atoms. The molecule has 0 saturated carbocycles. The number of benzene rings is 2. The van der Waals surface area contributed by atoms with E-state index in [2.05, 4.69) is 0 Å². The summed E-state index contributed by atoms with van der Waals surface area (Å²) in [5.41, 5.74) is 6.86.